The average molecular weight is 678 g/mol. The summed E-state index contributed by atoms with van der Waals surface area (Å²) in [6.45, 7) is 4.09. The number of unbranched alkanes of at least 4 members (excludes halogenated alkanes) is 13. The quantitative estimate of drug-likeness (QED) is 0.0612. The number of ether oxygens (including phenoxy) is 2. The summed E-state index contributed by atoms with van der Waals surface area (Å²) in [6.07, 6.45) is 10.8. The van der Waals surface area contributed by atoms with Gasteiger partial charge >= 0.3 is 5.69 Å². The van der Waals surface area contributed by atoms with E-state index in [9.17, 15) is 29.4 Å². The molecule has 0 bridgehead atoms. The van der Waals surface area contributed by atoms with Crippen LogP contribution >= 0.6 is 0 Å². The van der Waals surface area contributed by atoms with E-state index in [4.69, 9.17) is 15.0 Å². The molecule has 3 rings (SSSR count). The van der Waals surface area contributed by atoms with Gasteiger partial charge < -0.3 is 29.9 Å². The molecule has 7 atom stereocenters. The number of carbonyl (C=O) groups excluding carboxylic acids is 2. The van der Waals surface area contributed by atoms with Gasteiger partial charge in [0.15, 0.2) is 6.23 Å². The molecule has 0 spiro atoms. The Morgan fingerprint density at radius 1 is 0.917 bits per heavy atom. The van der Waals surface area contributed by atoms with Gasteiger partial charge in [0, 0.05) is 37.2 Å². The summed E-state index contributed by atoms with van der Waals surface area (Å²) in [5, 5.41) is 28.3. The van der Waals surface area contributed by atoms with Crippen LogP contribution in [0, 0.1) is 0 Å². The van der Waals surface area contributed by atoms with E-state index in [1.54, 1.807) is 0 Å². The summed E-state index contributed by atoms with van der Waals surface area (Å²) in [6, 6.07) is -0.120. The fourth-order valence-electron chi connectivity index (χ4n) is 6.63. The van der Waals surface area contributed by atoms with Crippen LogP contribution in [0.4, 0.5) is 0 Å². The Labute approximate surface area is 282 Å². The monoisotopic (exact) mass is 677 g/mol. The zero-order chi connectivity index (χ0) is 34.9. The predicted octanol–water partition coefficient (Wildman–Crippen LogP) is 3.79. The van der Waals surface area contributed by atoms with Crippen LogP contribution < -0.4 is 16.6 Å². The van der Waals surface area contributed by atoms with Gasteiger partial charge in [-0.2, -0.15) is 0 Å². The summed E-state index contributed by atoms with van der Waals surface area (Å²) >= 11 is 0. The smallest absolute Gasteiger partial charge is 0.330 e. The first-order chi connectivity index (χ1) is 23.2. The molecule has 2 aliphatic rings. The molecule has 48 heavy (non-hydrogen) atoms. The minimum absolute atomic E-state index is 0.154. The normalized spacial score (nSPS) is 25.2. The van der Waals surface area contributed by atoms with Crippen LogP contribution in [0.5, 0.6) is 0 Å². The number of hydrogen-bond donors (Lipinski definition) is 4. The number of nitrogens with zero attached hydrogens (tertiary/aromatic N) is 5. The Morgan fingerprint density at radius 2 is 1.52 bits per heavy atom. The number of carbonyl (C=O) groups is 2. The molecular formula is C33H55N7O8. The summed E-state index contributed by atoms with van der Waals surface area (Å²) in [5.74, 6) is -0.929. The highest BCUT2D eigenvalue weighted by atomic mass is 16.6. The van der Waals surface area contributed by atoms with E-state index >= 15 is 0 Å². The Morgan fingerprint density at radius 3 is 2.08 bits per heavy atom. The highest BCUT2D eigenvalue weighted by Gasteiger charge is 2.57. The van der Waals surface area contributed by atoms with Crippen molar-refractivity contribution in [3.05, 3.63) is 43.5 Å². The van der Waals surface area contributed by atoms with Crippen LogP contribution in [-0.4, -0.2) is 86.3 Å². The number of aliphatic hydroxyl groups is 2. The molecule has 0 aromatic carbocycles. The van der Waals surface area contributed by atoms with E-state index in [0.29, 0.717) is 13.0 Å². The predicted molar refractivity (Wildman–Crippen MR) is 179 cm³/mol. The van der Waals surface area contributed by atoms with E-state index in [1.807, 2.05) is 0 Å². The molecule has 0 aliphatic carbocycles. The Bertz CT molecular complexity index is 1300. The Balaban J connectivity index is 1.56. The molecule has 0 saturated carbocycles. The molecule has 0 unspecified atom stereocenters. The van der Waals surface area contributed by atoms with Crippen molar-refractivity contribution in [1.29, 1.82) is 0 Å². The first-order valence-electron chi connectivity index (χ1n) is 17.8. The lowest BCUT2D eigenvalue weighted by Crippen LogP contribution is -2.55. The van der Waals surface area contributed by atoms with Gasteiger partial charge in [-0.1, -0.05) is 95.5 Å². The Kier molecular flexibility index (Phi) is 17.1. The molecule has 15 nitrogen and oxygen atoms in total. The van der Waals surface area contributed by atoms with Gasteiger partial charge in [0.25, 0.3) is 5.56 Å². The van der Waals surface area contributed by atoms with Crippen molar-refractivity contribution < 1.29 is 29.3 Å². The fraction of sp³-hybridized carbons (Fsp3) is 0.818. The van der Waals surface area contributed by atoms with Crippen molar-refractivity contribution in [3.8, 4) is 0 Å². The number of H-pyrrole nitrogens is 1. The van der Waals surface area contributed by atoms with Crippen LogP contribution in [0.25, 0.3) is 10.4 Å². The molecule has 3 heterocycles. The maximum Gasteiger partial charge on any atom is 0.330 e. The molecule has 1 aromatic rings. The van der Waals surface area contributed by atoms with Gasteiger partial charge in [0.2, 0.25) is 11.8 Å². The zero-order valence-corrected chi connectivity index (χ0v) is 28.5. The first kappa shape index (κ1) is 39.2. The molecule has 2 amide bonds. The number of rotatable bonds is 22. The molecule has 2 aliphatic heterocycles. The van der Waals surface area contributed by atoms with Crippen molar-refractivity contribution in [3.63, 3.8) is 0 Å². The highest BCUT2D eigenvalue weighted by molar-refractivity contribution is 5.88. The lowest BCUT2D eigenvalue weighted by Gasteiger charge is -2.29. The van der Waals surface area contributed by atoms with Crippen molar-refractivity contribution in [2.75, 3.05) is 13.1 Å². The van der Waals surface area contributed by atoms with Crippen molar-refractivity contribution in [2.24, 2.45) is 5.11 Å². The average Bonchev–Trinajstić information content (AvgIpc) is 3.58. The number of amides is 2. The molecule has 1 aromatic heterocycles. The molecule has 2 saturated heterocycles. The SMILES string of the molecule is CCCCCCCCCCCCCCCCNC(=O)[C@@H]1[C@@H]([C@H]2O[C@@H](n3ccc(=O)[nH]c3=O)[C@H](O)[C@@H]2O)O[C@H](CCCN=[N+]=[N-])N1C(C)=O. The van der Waals surface area contributed by atoms with Crippen LogP contribution in [-0.2, 0) is 19.1 Å². The fourth-order valence-corrected chi connectivity index (χ4v) is 6.63. The van der Waals surface area contributed by atoms with Gasteiger partial charge in [-0.15, -0.1) is 0 Å². The van der Waals surface area contributed by atoms with Gasteiger partial charge in [0.05, 0.1) is 0 Å². The van der Waals surface area contributed by atoms with Crippen molar-refractivity contribution in [1.82, 2.24) is 19.8 Å². The minimum atomic E-state index is -1.60. The van der Waals surface area contributed by atoms with E-state index in [-0.39, 0.29) is 13.0 Å². The number of azide groups is 1. The molecule has 4 N–H and O–H groups in total. The van der Waals surface area contributed by atoms with E-state index in [1.165, 1.54) is 76.0 Å². The van der Waals surface area contributed by atoms with Crippen LogP contribution in [0.15, 0.2) is 27.0 Å². The summed E-state index contributed by atoms with van der Waals surface area (Å²) in [4.78, 5) is 56.7. The van der Waals surface area contributed by atoms with Crippen LogP contribution in [0.3, 0.4) is 0 Å². The first-order valence-corrected chi connectivity index (χ1v) is 17.8. The highest BCUT2D eigenvalue weighted by Crippen LogP contribution is 2.38. The summed E-state index contributed by atoms with van der Waals surface area (Å²) in [5.41, 5.74) is 7.14. The second kappa shape index (κ2) is 21.0. The van der Waals surface area contributed by atoms with Crippen molar-refractivity contribution in [2.45, 2.75) is 159 Å². The lowest BCUT2D eigenvalue weighted by atomic mass is 9.98. The van der Waals surface area contributed by atoms with E-state index in [2.05, 4.69) is 27.3 Å². The largest absolute Gasteiger partial charge is 0.387 e. The van der Waals surface area contributed by atoms with Gasteiger partial charge in [-0.25, -0.2) is 4.79 Å². The number of aliphatic hydroxyl groups excluding tert-OH is 2. The molecular weight excluding hydrogens is 622 g/mol. The lowest BCUT2D eigenvalue weighted by molar-refractivity contribution is -0.140. The van der Waals surface area contributed by atoms with Crippen LogP contribution in [0.1, 0.15) is 123 Å². The summed E-state index contributed by atoms with van der Waals surface area (Å²) in [7, 11) is 0. The molecule has 270 valence electrons. The van der Waals surface area contributed by atoms with Crippen molar-refractivity contribution >= 4 is 11.8 Å². The third-order valence-corrected chi connectivity index (χ3v) is 9.19. The topological polar surface area (TPSA) is 212 Å². The maximum absolute atomic E-state index is 13.7. The molecule has 15 heteroatoms. The zero-order valence-electron chi connectivity index (χ0n) is 28.5. The second-order valence-corrected chi connectivity index (χ2v) is 12.9. The summed E-state index contributed by atoms with van der Waals surface area (Å²) < 4.78 is 13.1. The number of aromatic nitrogens is 2. The Hall–Kier alpha value is -3.23. The van der Waals surface area contributed by atoms with E-state index < -0.39 is 66.0 Å². The van der Waals surface area contributed by atoms with Gasteiger partial charge in [-0.3, -0.25) is 23.9 Å². The third-order valence-electron chi connectivity index (χ3n) is 9.19. The minimum Gasteiger partial charge on any atom is -0.387 e. The number of nitrogens with one attached hydrogen (secondary N) is 2. The van der Waals surface area contributed by atoms with E-state index in [0.717, 1.165) is 42.5 Å². The standard InChI is InChI=1S/C33H55N7O8/c1-3-4-5-6-7-8-9-10-11-12-13-14-15-16-20-35-31(45)26-29(47-25(40(26)23(2)41)18-17-21-36-38-34)30-27(43)28(44)32(48-30)39-22-19-24(42)37-33(39)46/h19,22,25-30,32,43-44H,3-18,20-21H2,1-2H3,(H,35,45)(H,37,42,46)/t25-,26+,27+,28-,29+,30+,32-/m1/s1. The van der Waals surface area contributed by atoms with Gasteiger partial charge in [0.1, 0.15) is 36.7 Å². The number of hydrogen-bond acceptors (Lipinski definition) is 9. The van der Waals surface area contributed by atoms with Crippen LogP contribution in [0.2, 0.25) is 0 Å². The second-order valence-electron chi connectivity index (χ2n) is 12.9. The maximum atomic E-state index is 13.7. The number of aromatic amines is 1. The molecule has 0 radical (unpaired) electrons. The van der Waals surface area contributed by atoms with Gasteiger partial charge in [-0.05, 0) is 24.8 Å². The molecule has 2 fully saturated rings. The third kappa shape index (κ3) is 11.4.